The van der Waals surface area contributed by atoms with Crippen LogP contribution >= 0.6 is 23.3 Å². The third kappa shape index (κ3) is 3.29. The second-order valence-electron chi connectivity index (χ2n) is 5.26. The first-order valence-electron chi connectivity index (χ1n) is 7.51. The second-order valence-corrected chi connectivity index (χ2v) is 7.09. The lowest BCUT2D eigenvalue weighted by molar-refractivity contribution is -0.115. The molecule has 0 radical (unpaired) electrons. The van der Waals surface area contributed by atoms with Gasteiger partial charge in [-0.05, 0) is 59.2 Å². The van der Waals surface area contributed by atoms with Gasteiger partial charge in [0.2, 0.25) is 0 Å². The van der Waals surface area contributed by atoms with E-state index in [0.717, 1.165) is 21.4 Å². The molecule has 0 aliphatic carbocycles. The van der Waals surface area contributed by atoms with E-state index in [0.29, 0.717) is 15.9 Å². The van der Waals surface area contributed by atoms with E-state index < -0.39 is 0 Å². The SMILES string of the molecule is COc1ccc(/C=C2\SC(=Nc3nsc4ccccc34)NC2=O)cc1. The van der Waals surface area contributed by atoms with E-state index in [1.807, 2.05) is 54.6 Å². The molecule has 25 heavy (non-hydrogen) atoms. The molecule has 2 aromatic carbocycles. The van der Waals surface area contributed by atoms with Crippen LogP contribution in [0.15, 0.2) is 58.4 Å². The van der Waals surface area contributed by atoms with E-state index in [-0.39, 0.29) is 5.91 Å². The average molecular weight is 367 g/mol. The van der Waals surface area contributed by atoms with Crippen molar-refractivity contribution >= 4 is 56.3 Å². The van der Waals surface area contributed by atoms with E-state index in [9.17, 15) is 4.79 Å². The molecule has 2 heterocycles. The monoisotopic (exact) mass is 367 g/mol. The fraction of sp³-hybridized carbons (Fsp3) is 0.0556. The van der Waals surface area contributed by atoms with Gasteiger partial charge in [-0.15, -0.1) is 0 Å². The molecular formula is C18H13N3O2S2. The molecule has 1 saturated heterocycles. The van der Waals surface area contributed by atoms with Crippen LogP contribution in [0.2, 0.25) is 0 Å². The van der Waals surface area contributed by atoms with Gasteiger partial charge >= 0.3 is 0 Å². The number of amides is 1. The lowest BCUT2D eigenvalue weighted by Crippen LogP contribution is -2.19. The van der Waals surface area contributed by atoms with Crippen molar-refractivity contribution in [2.75, 3.05) is 7.11 Å². The summed E-state index contributed by atoms with van der Waals surface area (Å²) in [6, 6.07) is 15.4. The number of nitrogens with zero attached hydrogens (tertiary/aromatic N) is 2. The van der Waals surface area contributed by atoms with Crippen molar-refractivity contribution in [1.29, 1.82) is 0 Å². The molecule has 1 N–H and O–H groups in total. The average Bonchev–Trinajstić information content (AvgIpc) is 3.20. The Labute approximate surface area is 152 Å². The largest absolute Gasteiger partial charge is 0.497 e. The fourth-order valence-corrected chi connectivity index (χ4v) is 3.93. The quantitative estimate of drug-likeness (QED) is 0.705. The molecule has 1 aliphatic heterocycles. The number of hydrogen-bond donors (Lipinski definition) is 1. The minimum absolute atomic E-state index is 0.154. The van der Waals surface area contributed by atoms with Crippen molar-refractivity contribution in [3.05, 3.63) is 59.0 Å². The maximum Gasteiger partial charge on any atom is 0.264 e. The number of ether oxygens (including phenoxy) is 1. The van der Waals surface area contributed by atoms with Crippen molar-refractivity contribution in [1.82, 2.24) is 9.69 Å². The van der Waals surface area contributed by atoms with Gasteiger partial charge in [-0.2, -0.15) is 4.37 Å². The number of aromatic nitrogens is 1. The molecule has 0 spiro atoms. The normalized spacial score (nSPS) is 17.4. The first kappa shape index (κ1) is 15.9. The summed E-state index contributed by atoms with van der Waals surface area (Å²) in [7, 11) is 1.62. The van der Waals surface area contributed by atoms with Crippen molar-refractivity contribution in [2.45, 2.75) is 0 Å². The number of carbonyl (C=O) groups is 1. The van der Waals surface area contributed by atoms with Gasteiger partial charge in [-0.1, -0.05) is 24.3 Å². The number of benzene rings is 2. The zero-order chi connectivity index (χ0) is 17.2. The Kier molecular flexibility index (Phi) is 4.25. The molecule has 7 heteroatoms. The number of thioether (sulfide) groups is 1. The lowest BCUT2D eigenvalue weighted by atomic mass is 10.2. The van der Waals surface area contributed by atoms with Gasteiger partial charge in [-0.25, -0.2) is 4.99 Å². The molecule has 0 unspecified atom stereocenters. The Bertz CT molecular complexity index is 1010. The minimum Gasteiger partial charge on any atom is -0.497 e. The number of nitrogens with one attached hydrogen (secondary N) is 1. The van der Waals surface area contributed by atoms with Crippen LogP contribution in [0.4, 0.5) is 5.82 Å². The van der Waals surface area contributed by atoms with E-state index in [4.69, 9.17) is 4.74 Å². The van der Waals surface area contributed by atoms with Gasteiger partial charge in [0.05, 0.1) is 16.7 Å². The van der Waals surface area contributed by atoms with Crippen molar-refractivity contribution in [3.8, 4) is 5.75 Å². The summed E-state index contributed by atoms with van der Waals surface area (Å²) >= 11 is 2.71. The van der Waals surface area contributed by atoms with Crippen LogP contribution in [0.25, 0.3) is 16.2 Å². The molecule has 0 bridgehead atoms. The summed E-state index contributed by atoms with van der Waals surface area (Å²) in [5.74, 6) is 1.26. The van der Waals surface area contributed by atoms with Crippen molar-refractivity contribution in [2.24, 2.45) is 4.99 Å². The first-order valence-corrected chi connectivity index (χ1v) is 9.10. The zero-order valence-electron chi connectivity index (χ0n) is 13.2. The molecule has 1 aromatic heterocycles. The third-order valence-electron chi connectivity index (χ3n) is 3.63. The topological polar surface area (TPSA) is 63.6 Å². The molecule has 3 aromatic rings. The highest BCUT2D eigenvalue weighted by Gasteiger charge is 2.24. The maximum atomic E-state index is 12.2. The summed E-state index contributed by atoms with van der Waals surface area (Å²) in [4.78, 5) is 17.3. The van der Waals surface area contributed by atoms with Gasteiger partial charge in [0.25, 0.3) is 5.91 Å². The van der Waals surface area contributed by atoms with Gasteiger partial charge in [0.15, 0.2) is 11.0 Å². The summed E-state index contributed by atoms with van der Waals surface area (Å²) in [6.07, 6.45) is 1.83. The van der Waals surface area contributed by atoms with Gasteiger partial charge in [-0.3, -0.25) is 4.79 Å². The Hall–Kier alpha value is -2.64. The molecule has 0 saturated carbocycles. The Morgan fingerprint density at radius 3 is 2.76 bits per heavy atom. The summed E-state index contributed by atoms with van der Waals surface area (Å²) in [5, 5.41) is 4.33. The standard InChI is InChI=1S/C18H13N3O2S2/c1-23-12-8-6-11(7-9-12)10-15-17(22)20-18(24-15)19-16-13-4-2-3-5-14(13)25-21-16/h2-10H,1H3,(H,19,20,21,22)/b15-10-. The van der Waals surface area contributed by atoms with Crippen LogP contribution in [-0.4, -0.2) is 22.6 Å². The smallest absolute Gasteiger partial charge is 0.264 e. The summed E-state index contributed by atoms with van der Waals surface area (Å²) in [5.41, 5.74) is 0.929. The number of rotatable bonds is 3. The Balaban J connectivity index is 1.60. The fourth-order valence-electron chi connectivity index (χ4n) is 2.38. The van der Waals surface area contributed by atoms with E-state index in [2.05, 4.69) is 14.7 Å². The molecule has 1 fully saturated rings. The minimum atomic E-state index is -0.154. The number of aliphatic imine (C=N–C) groups is 1. The second kappa shape index (κ2) is 6.70. The maximum absolute atomic E-state index is 12.2. The summed E-state index contributed by atoms with van der Waals surface area (Å²) in [6.45, 7) is 0. The van der Waals surface area contributed by atoms with Crippen molar-refractivity contribution in [3.63, 3.8) is 0 Å². The highest BCUT2D eigenvalue weighted by atomic mass is 32.2. The zero-order valence-corrected chi connectivity index (χ0v) is 14.9. The van der Waals surface area contributed by atoms with Crippen LogP contribution in [0, 0.1) is 0 Å². The first-order chi connectivity index (χ1) is 12.2. The molecule has 4 rings (SSSR count). The lowest BCUT2D eigenvalue weighted by Gasteiger charge is -1.99. The number of amidine groups is 1. The highest BCUT2D eigenvalue weighted by molar-refractivity contribution is 8.18. The van der Waals surface area contributed by atoms with Gasteiger partial charge in [0, 0.05) is 5.39 Å². The Morgan fingerprint density at radius 1 is 1.16 bits per heavy atom. The molecule has 124 valence electrons. The van der Waals surface area contributed by atoms with Crippen LogP contribution in [0.5, 0.6) is 5.75 Å². The molecule has 1 aliphatic rings. The highest BCUT2D eigenvalue weighted by Crippen LogP contribution is 2.32. The van der Waals surface area contributed by atoms with Crippen LogP contribution in [0.1, 0.15) is 5.56 Å². The van der Waals surface area contributed by atoms with Crippen LogP contribution in [-0.2, 0) is 4.79 Å². The molecule has 1 amide bonds. The van der Waals surface area contributed by atoms with Crippen molar-refractivity contribution < 1.29 is 9.53 Å². The van der Waals surface area contributed by atoms with Crippen LogP contribution in [0.3, 0.4) is 0 Å². The Morgan fingerprint density at radius 2 is 1.96 bits per heavy atom. The molecule has 5 nitrogen and oxygen atoms in total. The number of methoxy groups -OCH3 is 1. The van der Waals surface area contributed by atoms with Gasteiger partial charge in [0.1, 0.15) is 5.75 Å². The van der Waals surface area contributed by atoms with E-state index in [1.54, 1.807) is 7.11 Å². The summed E-state index contributed by atoms with van der Waals surface area (Å²) < 4.78 is 10.6. The van der Waals surface area contributed by atoms with E-state index in [1.165, 1.54) is 23.3 Å². The van der Waals surface area contributed by atoms with Gasteiger partial charge < -0.3 is 10.1 Å². The number of fused-ring (bicyclic) bond motifs is 1. The molecular weight excluding hydrogens is 354 g/mol. The van der Waals surface area contributed by atoms with Crippen LogP contribution < -0.4 is 10.1 Å². The molecule has 0 atom stereocenters. The van der Waals surface area contributed by atoms with E-state index >= 15 is 0 Å². The predicted molar refractivity (Wildman–Crippen MR) is 103 cm³/mol. The number of hydrogen-bond acceptors (Lipinski definition) is 6. The number of carbonyl (C=O) groups excluding carboxylic acids is 1. The third-order valence-corrected chi connectivity index (χ3v) is 5.36. The predicted octanol–water partition coefficient (Wildman–Crippen LogP) is 4.20.